The van der Waals surface area contributed by atoms with Crippen LogP contribution in [-0.4, -0.2) is 32.4 Å². The molecule has 0 spiro atoms. The van der Waals surface area contributed by atoms with Crippen molar-refractivity contribution in [1.29, 1.82) is 0 Å². The number of thioether (sulfide) groups is 1. The van der Waals surface area contributed by atoms with Crippen molar-refractivity contribution < 1.29 is 4.79 Å². The van der Waals surface area contributed by atoms with Gasteiger partial charge in [0.2, 0.25) is 11.1 Å². The molecule has 0 saturated heterocycles. The predicted molar refractivity (Wildman–Crippen MR) is 96.7 cm³/mol. The van der Waals surface area contributed by atoms with Crippen LogP contribution in [0.25, 0.3) is 11.4 Å². The Kier molecular flexibility index (Phi) is 5.56. The molecule has 2 N–H and O–H groups in total. The molecular formula is C18H24N4OS. The van der Waals surface area contributed by atoms with Crippen molar-refractivity contribution in [3.8, 4) is 11.4 Å². The minimum atomic E-state index is -0.210. The fourth-order valence-corrected chi connectivity index (χ4v) is 3.80. The van der Waals surface area contributed by atoms with Crippen molar-refractivity contribution in [2.24, 2.45) is 5.92 Å². The van der Waals surface area contributed by atoms with E-state index in [4.69, 9.17) is 0 Å². The van der Waals surface area contributed by atoms with Crippen molar-refractivity contribution in [1.82, 2.24) is 20.5 Å². The van der Waals surface area contributed by atoms with Crippen molar-refractivity contribution in [2.75, 3.05) is 0 Å². The molecule has 5 nitrogen and oxygen atoms in total. The SMILES string of the molecule is C[C@@H](Sc1n[nH]c(-c2ccccc2)n1)C(=O)N[C@H]1CCCC[C@@H]1C. The zero-order valence-corrected chi connectivity index (χ0v) is 15.0. The van der Waals surface area contributed by atoms with Crippen molar-refractivity contribution in [3.63, 3.8) is 0 Å². The Balaban J connectivity index is 1.57. The van der Waals surface area contributed by atoms with E-state index in [-0.39, 0.29) is 11.2 Å². The molecular weight excluding hydrogens is 320 g/mol. The van der Waals surface area contributed by atoms with Gasteiger partial charge in [0.25, 0.3) is 0 Å². The Morgan fingerprint density at radius 3 is 2.79 bits per heavy atom. The summed E-state index contributed by atoms with van der Waals surface area (Å²) in [6.45, 7) is 4.13. The predicted octanol–water partition coefficient (Wildman–Crippen LogP) is 3.65. The van der Waals surface area contributed by atoms with Gasteiger partial charge in [-0.3, -0.25) is 9.89 Å². The zero-order chi connectivity index (χ0) is 16.9. The zero-order valence-electron chi connectivity index (χ0n) is 14.2. The van der Waals surface area contributed by atoms with E-state index in [9.17, 15) is 4.79 Å². The van der Waals surface area contributed by atoms with Gasteiger partial charge in [0, 0.05) is 11.6 Å². The normalized spacial score (nSPS) is 22.1. The summed E-state index contributed by atoms with van der Waals surface area (Å²) in [7, 11) is 0. The summed E-state index contributed by atoms with van der Waals surface area (Å²) < 4.78 is 0. The van der Waals surface area contributed by atoms with Gasteiger partial charge in [0.1, 0.15) is 0 Å². The molecule has 2 aromatic rings. The largest absolute Gasteiger partial charge is 0.352 e. The van der Waals surface area contributed by atoms with Crippen LogP contribution in [0.5, 0.6) is 0 Å². The Labute approximate surface area is 147 Å². The highest BCUT2D eigenvalue weighted by Crippen LogP contribution is 2.26. The second kappa shape index (κ2) is 7.83. The van der Waals surface area contributed by atoms with Crippen molar-refractivity contribution >= 4 is 17.7 Å². The van der Waals surface area contributed by atoms with E-state index in [0.29, 0.717) is 17.1 Å². The van der Waals surface area contributed by atoms with E-state index in [0.717, 1.165) is 17.8 Å². The molecule has 1 heterocycles. The van der Waals surface area contributed by atoms with Crippen LogP contribution in [0.4, 0.5) is 0 Å². The molecule has 128 valence electrons. The number of hydrogen-bond acceptors (Lipinski definition) is 4. The highest BCUT2D eigenvalue weighted by Gasteiger charge is 2.25. The number of hydrogen-bond donors (Lipinski definition) is 2. The summed E-state index contributed by atoms with van der Waals surface area (Å²) in [5, 5.41) is 10.8. The Morgan fingerprint density at radius 2 is 2.04 bits per heavy atom. The summed E-state index contributed by atoms with van der Waals surface area (Å²) in [4.78, 5) is 16.9. The average Bonchev–Trinajstić information content (AvgIpc) is 3.06. The number of H-pyrrole nitrogens is 1. The molecule has 1 aliphatic carbocycles. The van der Waals surface area contributed by atoms with E-state index in [2.05, 4.69) is 27.4 Å². The molecule has 1 fully saturated rings. The molecule has 1 aromatic carbocycles. The maximum Gasteiger partial charge on any atom is 0.233 e. The van der Waals surface area contributed by atoms with Crippen LogP contribution in [0.1, 0.15) is 39.5 Å². The quantitative estimate of drug-likeness (QED) is 0.812. The molecule has 1 amide bonds. The number of nitrogens with one attached hydrogen (secondary N) is 2. The van der Waals surface area contributed by atoms with Crippen LogP contribution >= 0.6 is 11.8 Å². The monoisotopic (exact) mass is 344 g/mol. The third-order valence-electron chi connectivity index (χ3n) is 4.60. The minimum Gasteiger partial charge on any atom is -0.352 e. The van der Waals surface area contributed by atoms with Crippen LogP contribution in [0.3, 0.4) is 0 Å². The van der Waals surface area contributed by atoms with Crippen LogP contribution in [-0.2, 0) is 4.79 Å². The van der Waals surface area contributed by atoms with Crippen LogP contribution in [0.2, 0.25) is 0 Å². The Bertz CT molecular complexity index is 673. The van der Waals surface area contributed by atoms with E-state index < -0.39 is 0 Å². The molecule has 0 bridgehead atoms. The van der Waals surface area contributed by atoms with E-state index >= 15 is 0 Å². The molecule has 1 aromatic heterocycles. The number of benzene rings is 1. The van der Waals surface area contributed by atoms with Gasteiger partial charge < -0.3 is 5.32 Å². The molecule has 0 unspecified atom stereocenters. The fraction of sp³-hybridized carbons (Fsp3) is 0.500. The third kappa shape index (κ3) is 4.17. The van der Waals surface area contributed by atoms with Gasteiger partial charge in [-0.05, 0) is 25.7 Å². The van der Waals surface area contributed by atoms with Gasteiger partial charge in [0.15, 0.2) is 5.82 Å². The fourth-order valence-electron chi connectivity index (χ4n) is 3.07. The standard InChI is InChI=1S/C18H24N4OS/c1-12-8-6-7-11-15(12)19-17(23)13(2)24-18-20-16(21-22-18)14-9-4-3-5-10-14/h3-5,9-10,12-13,15H,6-8,11H2,1-2H3,(H,19,23)(H,20,21,22)/t12-,13+,15-/m0/s1. The highest BCUT2D eigenvalue weighted by atomic mass is 32.2. The van der Waals surface area contributed by atoms with E-state index in [1.165, 1.54) is 31.0 Å². The molecule has 1 aliphatic rings. The van der Waals surface area contributed by atoms with Gasteiger partial charge in [-0.2, -0.15) is 0 Å². The number of carbonyl (C=O) groups is 1. The lowest BCUT2D eigenvalue weighted by Crippen LogP contribution is -2.44. The van der Waals surface area contributed by atoms with Gasteiger partial charge in [0.05, 0.1) is 5.25 Å². The van der Waals surface area contributed by atoms with E-state index in [1.54, 1.807) is 0 Å². The average molecular weight is 344 g/mol. The molecule has 3 rings (SSSR count). The summed E-state index contributed by atoms with van der Waals surface area (Å²) in [6.07, 6.45) is 4.77. The summed E-state index contributed by atoms with van der Waals surface area (Å²) in [5.41, 5.74) is 0.991. The molecule has 0 aliphatic heterocycles. The second-order valence-corrected chi connectivity index (χ2v) is 7.78. The highest BCUT2D eigenvalue weighted by molar-refractivity contribution is 8.00. The third-order valence-corrected chi connectivity index (χ3v) is 5.56. The molecule has 1 saturated carbocycles. The Morgan fingerprint density at radius 1 is 1.29 bits per heavy atom. The number of nitrogens with zero attached hydrogens (tertiary/aromatic N) is 2. The lowest BCUT2D eigenvalue weighted by atomic mass is 9.86. The maximum absolute atomic E-state index is 12.4. The molecule has 24 heavy (non-hydrogen) atoms. The number of rotatable bonds is 5. The first-order valence-electron chi connectivity index (χ1n) is 8.58. The topological polar surface area (TPSA) is 70.7 Å². The first kappa shape index (κ1) is 17.0. The van der Waals surface area contributed by atoms with Gasteiger partial charge in [-0.15, -0.1) is 5.10 Å². The molecule has 0 radical (unpaired) electrons. The number of amides is 1. The van der Waals surface area contributed by atoms with Gasteiger partial charge in [-0.25, -0.2) is 4.98 Å². The first-order valence-corrected chi connectivity index (χ1v) is 9.46. The summed E-state index contributed by atoms with van der Waals surface area (Å²) >= 11 is 1.39. The van der Waals surface area contributed by atoms with Crippen LogP contribution in [0, 0.1) is 5.92 Å². The first-order chi connectivity index (χ1) is 11.6. The van der Waals surface area contributed by atoms with Crippen LogP contribution < -0.4 is 5.32 Å². The Hall–Kier alpha value is -1.82. The van der Waals surface area contributed by atoms with Crippen molar-refractivity contribution in [2.45, 2.75) is 56.0 Å². The summed E-state index contributed by atoms with van der Waals surface area (Å²) in [6, 6.07) is 10.2. The van der Waals surface area contributed by atoms with Gasteiger partial charge in [-0.1, -0.05) is 61.9 Å². The maximum atomic E-state index is 12.4. The molecule has 3 atom stereocenters. The smallest absolute Gasteiger partial charge is 0.233 e. The summed E-state index contributed by atoms with van der Waals surface area (Å²) in [5.74, 6) is 1.37. The molecule has 6 heteroatoms. The number of aromatic amines is 1. The second-order valence-electron chi connectivity index (χ2n) is 6.47. The van der Waals surface area contributed by atoms with Crippen LogP contribution in [0.15, 0.2) is 35.5 Å². The van der Waals surface area contributed by atoms with Gasteiger partial charge >= 0.3 is 0 Å². The van der Waals surface area contributed by atoms with Crippen molar-refractivity contribution in [3.05, 3.63) is 30.3 Å². The minimum absolute atomic E-state index is 0.0739. The number of aromatic nitrogens is 3. The number of carbonyl (C=O) groups excluding carboxylic acids is 1. The lowest BCUT2D eigenvalue weighted by molar-refractivity contribution is -0.121. The van der Waals surface area contributed by atoms with E-state index in [1.807, 2.05) is 37.3 Å². The lowest BCUT2D eigenvalue weighted by Gasteiger charge is -2.30.